The van der Waals surface area contributed by atoms with Crippen LogP contribution in [-0.4, -0.2) is 36.4 Å². The average Bonchev–Trinajstić information content (AvgIpc) is 2.88. The van der Waals surface area contributed by atoms with Crippen molar-refractivity contribution in [3.05, 3.63) is 0 Å². The topological polar surface area (TPSA) is 99.0 Å². The van der Waals surface area contributed by atoms with Crippen molar-refractivity contribution in [2.45, 2.75) is 180 Å². The molecule has 1 atom stereocenters. The van der Waals surface area contributed by atoms with E-state index < -0.39 is 16.1 Å². The lowest BCUT2D eigenvalue weighted by atomic mass is 10.0. The SMILES string of the molecule is CCCCCCCCCCCCCCCC(O)/C(=N\S(=O)(=O)CCCCCCCCCCCCC)NO. The summed E-state index contributed by atoms with van der Waals surface area (Å²) in [6, 6.07) is 0. The molecule has 3 N–H and O–H groups in total. The van der Waals surface area contributed by atoms with Crippen LogP contribution in [0.15, 0.2) is 4.40 Å². The van der Waals surface area contributed by atoms with E-state index in [4.69, 9.17) is 0 Å². The molecule has 1 unspecified atom stereocenters. The minimum absolute atomic E-state index is 0.0410. The van der Waals surface area contributed by atoms with Crippen LogP contribution in [0.1, 0.15) is 174 Å². The predicted molar refractivity (Wildman–Crippen MR) is 159 cm³/mol. The lowest BCUT2D eigenvalue weighted by Crippen LogP contribution is -2.33. The first kappa shape index (κ1) is 36.3. The van der Waals surface area contributed by atoms with Gasteiger partial charge in [-0.1, -0.05) is 162 Å². The molecule has 0 aromatic carbocycles. The molecule has 0 aliphatic carbocycles. The van der Waals surface area contributed by atoms with Crippen molar-refractivity contribution in [3.8, 4) is 0 Å². The first-order valence-electron chi connectivity index (χ1n) is 15.9. The van der Waals surface area contributed by atoms with E-state index in [1.807, 2.05) is 5.48 Å². The molecule has 222 valence electrons. The summed E-state index contributed by atoms with van der Waals surface area (Å²) in [5, 5.41) is 19.6. The number of sulfonamides is 1. The van der Waals surface area contributed by atoms with Crippen LogP contribution in [0.4, 0.5) is 0 Å². The Hall–Kier alpha value is -0.660. The molecule has 0 rings (SSSR count). The van der Waals surface area contributed by atoms with Gasteiger partial charge in [-0.05, 0) is 12.8 Å². The van der Waals surface area contributed by atoms with Crippen LogP contribution in [0.25, 0.3) is 0 Å². The Bertz CT molecular complexity index is 611. The minimum Gasteiger partial charge on any atom is -0.385 e. The minimum atomic E-state index is -3.70. The van der Waals surface area contributed by atoms with Crippen LogP contribution < -0.4 is 5.48 Å². The number of hydroxylamine groups is 1. The van der Waals surface area contributed by atoms with E-state index >= 15 is 0 Å². The lowest BCUT2D eigenvalue weighted by Gasteiger charge is -2.12. The summed E-state index contributed by atoms with van der Waals surface area (Å²) in [6.07, 6.45) is 28.2. The summed E-state index contributed by atoms with van der Waals surface area (Å²) >= 11 is 0. The third-order valence-corrected chi connectivity index (χ3v) is 8.53. The Kier molecular flexibility index (Phi) is 26.4. The van der Waals surface area contributed by atoms with Gasteiger partial charge in [0.2, 0.25) is 0 Å². The molecule has 7 heteroatoms. The van der Waals surface area contributed by atoms with Gasteiger partial charge in [0.1, 0.15) is 6.10 Å². The van der Waals surface area contributed by atoms with E-state index in [9.17, 15) is 18.7 Å². The maximum absolute atomic E-state index is 12.3. The first-order valence-corrected chi connectivity index (χ1v) is 17.5. The second kappa shape index (κ2) is 26.9. The number of amidine groups is 1. The Balaban J connectivity index is 3.84. The first-order chi connectivity index (χ1) is 18.0. The second-order valence-corrected chi connectivity index (χ2v) is 12.7. The number of aliphatic hydroxyl groups is 1. The van der Waals surface area contributed by atoms with Crippen molar-refractivity contribution in [2.24, 2.45) is 4.40 Å². The Morgan fingerprint density at radius 2 is 0.919 bits per heavy atom. The zero-order valence-electron chi connectivity index (χ0n) is 24.5. The van der Waals surface area contributed by atoms with Gasteiger partial charge in [-0.25, -0.2) is 8.42 Å². The zero-order valence-corrected chi connectivity index (χ0v) is 25.3. The maximum Gasteiger partial charge on any atom is 0.254 e. The highest BCUT2D eigenvalue weighted by atomic mass is 32.2. The molecular formula is C30H62N2O4S. The average molecular weight is 547 g/mol. The van der Waals surface area contributed by atoms with E-state index in [2.05, 4.69) is 18.2 Å². The monoisotopic (exact) mass is 546 g/mol. The van der Waals surface area contributed by atoms with Gasteiger partial charge in [0, 0.05) is 0 Å². The highest BCUT2D eigenvalue weighted by Gasteiger charge is 2.17. The third kappa shape index (κ3) is 25.4. The van der Waals surface area contributed by atoms with Crippen molar-refractivity contribution in [3.63, 3.8) is 0 Å². The van der Waals surface area contributed by atoms with E-state index in [0.29, 0.717) is 12.8 Å². The largest absolute Gasteiger partial charge is 0.385 e. The van der Waals surface area contributed by atoms with Crippen LogP contribution in [0, 0.1) is 0 Å². The van der Waals surface area contributed by atoms with E-state index in [-0.39, 0.29) is 11.6 Å². The molecule has 0 radical (unpaired) electrons. The summed E-state index contributed by atoms with van der Waals surface area (Å²) in [5.41, 5.74) is 1.82. The number of hydrogen-bond acceptors (Lipinski definition) is 4. The van der Waals surface area contributed by atoms with Crippen LogP contribution in [0.3, 0.4) is 0 Å². The van der Waals surface area contributed by atoms with Crippen molar-refractivity contribution in [1.29, 1.82) is 0 Å². The van der Waals surface area contributed by atoms with Crippen LogP contribution in [-0.2, 0) is 10.0 Å². The van der Waals surface area contributed by atoms with Crippen LogP contribution in [0.2, 0.25) is 0 Å². The summed E-state index contributed by atoms with van der Waals surface area (Å²) < 4.78 is 28.3. The molecule has 0 aromatic rings. The normalized spacial score (nSPS) is 13.2. The number of rotatable bonds is 28. The molecule has 0 bridgehead atoms. The van der Waals surface area contributed by atoms with Crippen molar-refractivity contribution < 1.29 is 18.7 Å². The van der Waals surface area contributed by atoms with Crippen molar-refractivity contribution in [1.82, 2.24) is 5.48 Å². The standard InChI is InChI=1S/C30H62N2O4S/c1-3-5-7-9-11-13-15-16-17-19-21-23-25-27-29(33)30(31-34)32-37(35,36)28-26-24-22-20-18-14-12-10-8-6-4-2/h29,33-34H,3-28H2,1-2H3,(H,31,32). The van der Waals surface area contributed by atoms with Gasteiger partial charge in [0.05, 0.1) is 5.75 Å². The number of aliphatic hydroxyl groups excluding tert-OH is 1. The Labute approximate surface area is 230 Å². The van der Waals surface area contributed by atoms with Gasteiger partial charge in [-0.2, -0.15) is 0 Å². The zero-order chi connectivity index (χ0) is 27.5. The number of nitrogens with one attached hydrogen (secondary N) is 1. The van der Waals surface area contributed by atoms with Crippen molar-refractivity contribution in [2.75, 3.05) is 5.75 Å². The summed E-state index contributed by atoms with van der Waals surface area (Å²) in [6.45, 7) is 4.48. The highest BCUT2D eigenvalue weighted by Crippen LogP contribution is 2.15. The Morgan fingerprint density at radius 3 is 1.27 bits per heavy atom. The van der Waals surface area contributed by atoms with Gasteiger partial charge >= 0.3 is 0 Å². The molecule has 0 spiro atoms. The molecule has 37 heavy (non-hydrogen) atoms. The highest BCUT2D eigenvalue weighted by molar-refractivity contribution is 7.90. The van der Waals surface area contributed by atoms with E-state index in [1.54, 1.807) is 0 Å². The lowest BCUT2D eigenvalue weighted by molar-refractivity contribution is 0.180. The number of unbranched alkanes of at least 4 members (excludes halogenated alkanes) is 22. The van der Waals surface area contributed by atoms with Crippen molar-refractivity contribution >= 4 is 15.9 Å². The number of hydrogen-bond donors (Lipinski definition) is 3. The predicted octanol–water partition coefficient (Wildman–Crippen LogP) is 8.85. The summed E-state index contributed by atoms with van der Waals surface area (Å²) in [4.78, 5) is 0. The van der Waals surface area contributed by atoms with Gasteiger partial charge in [-0.3, -0.25) is 10.7 Å². The molecule has 6 nitrogen and oxygen atoms in total. The van der Waals surface area contributed by atoms with Gasteiger partial charge < -0.3 is 5.11 Å². The molecule has 0 amide bonds. The molecule has 0 fully saturated rings. The fourth-order valence-electron chi connectivity index (χ4n) is 4.79. The molecule has 0 aliphatic rings. The maximum atomic E-state index is 12.3. The van der Waals surface area contributed by atoms with Gasteiger partial charge in [0.25, 0.3) is 10.0 Å². The molecular weight excluding hydrogens is 484 g/mol. The Morgan fingerprint density at radius 1 is 0.595 bits per heavy atom. The van der Waals surface area contributed by atoms with E-state index in [1.165, 1.54) is 109 Å². The van der Waals surface area contributed by atoms with Gasteiger partial charge in [0.15, 0.2) is 5.84 Å². The molecule has 0 saturated heterocycles. The molecule has 0 heterocycles. The second-order valence-electron chi connectivity index (χ2n) is 11.0. The smallest absolute Gasteiger partial charge is 0.254 e. The van der Waals surface area contributed by atoms with Crippen LogP contribution >= 0.6 is 0 Å². The fourth-order valence-corrected chi connectivity index (χ4v) is 5.91. The summed E-state index contributed by atoms with van der Waals surface area (Å²) in [7, 11) is -3.70. The quantitative estimate of drug-likeness (QED) is 0.0394. The van der Waals surface area contributed by atoms with Gasteiger partial charge in [-0.15, -0.1) is 4.40 Å². The van der Waals surface area contributed by atoms with Crippen LogP contribution in [0.5, 0.6) is 0 Å². The number of nitrogens with zero attached hydrogens (tertiary/aromatic N) is 1. The van der Waals surface area contributed by atoms with E-state index in [0.717, 1.165) is 38.5 Å². The molecule has 0 saturated carbocycles. The third-order valence-electron chi connectivity index (χ3n) is 7.25. The molecule has 0 aliphatic heterocycles. The summed E-state index contributed by atoms with van der Waals surface area (Å²) in [5.74, 6) is -0.289. The fraction of sp³-hybridized carbons (Fsp3) is 0.967. The molecule has 0 aromatic heterocycles.